The van der Waals surface area contributed by atoms with Crippen molar-refractivity contribution in [1.82, 2.24) is 0 Å². The van der Waals surface area contributed by atoms with E-state index in [-0.39, 0.29) is 17.4 Å². The fraction of sp³-hybridized carbons (Fsp3) is 0.143. The zero-order chi connectivity index (χ0) is 17.6. The third-order valence-corrected chi connectivity index (χ3v) is 4.34. The van der Waals surface area contributed by atoms with Gasteiger partial charge < -0.3 is 14.9 Å². The quantitative estimate of drug-likeness (QED) is 0.451. The van der Waals surface area contributed by atoms with Gasteiger partial charge in [-0.05, 0) is 53.1 Å². The highest BCUT2D eigenvalue weighted by Crippen LogP contribution is 2.34. The van der Waals surface area contributed by atoms with Gasteiger partial charge >= 0.3 is 0 Å². The molecule has 128 valence electrons. The van der Waals surface area contributed by atoms with Crippen molar-refractivity contribution in [3.05, 3.63) is 89.5 Å². The number of hydrogen-bond acceptors (Lipinski definition) is 3. The fourth-order valence-electron chi connectivity index (χ4n) is 2.82. The van der Waals surface area contributed by atoms with Gasteiger partial charge in [0.25, 0.3) is 0 Å². The minimum Gasteiger partial charge on any atom is -0.508 e. The van der Waals surface area contributed by atoms with Gasteiger partial charge in [-0.3, -0.25) is 0 Å². The Morgan fingerprint density at radius 3 is 1.48 bits per heavy atom. The summed E-state index contributed by atoms with van der Waals surface area (Å²) in [7, 11) is 0. The maximum Gasteiger partial charge on any atom is 0.119 e. The minimum atomic E-state index is 0.00595. The second-order valence-corrected chi connectivity index (χ2v) is 6.52. The van der Waals surface area contributed by atoms with Gasteiger partial charge in [0.05, 0.1) is 6.61 Å². The largest absolute Gasteiger partial charge is 0.508 e. The molecule has 0 saturated carbocycles. The summed E-state index contributed by atoms with van der Waals surface area (Å²) in [5.41, 5.74) is 3.25. The molecule has 0 aromatic heterocycles. The van der Waals surface area contributed by atoms with Gasteiger partial charge in [-0.2, -0.15) is 0 Å². The third-order valence-electron chi connectivity index (χ3n) is 4.01. The van der Waals surface area contributed by atoms with Crippen LogP contribution < -0.4 is 4.74 Å². The highest BCUT2D eigenvalue weighted by molar-refractivity contribution is 9.09. The Morgan fingerprint density at radius 1 is 0.680 bits per heavy atom. The molecule has 0 aliphatic carbocycles. The monoisotopic (exact) mass is 398 g/mol. The standard InChI is InChI=1S/C21H19BrO3/c22-13-14-25-20-11-5-17(6-12-20)21(15-1-7-18(23)8-2-15)16-3-9-19(24)10-4-16/h1-12,21,23-24H,13-14H2. The smallest absolute Gasteiger partial charge is 0.119 e. The number of benzene rings is 3. The average molecular weight is 399 g/mol. The number of phenolic OH excluding ortho intramolecular Hbond substituents is 2. The molecule has 3 rings (SSSR count). The second-order valence-electron chi connectivity index (χ2n) is 5.72. The molecule has 0 spiro atoms. The van der Waals surface area contributed by atoms with Crippen molar-refractivity contribution < 1.29 is 14.9 Å². The maximum absolute atomic E-state index is 9.58. The van der Waals surface area contributed by atoms with E-state index in [0.29, 0.717) is 6.61 Å². The lowest BCUT2D eigenvalue weighted by atomic mass is 9.85. The first-order chi connectivity index (χ1) is 12.2. The predicted octanol–water partition coefficient (Wildman–Crippen LogP) is 5.05. The molecule has 0 bridgehead atoms. The van der Waals surface area contributed by atoms with Crippen molar-refractivity contribution in [2.75, 3.05) is 11.9 Å². The number of alkyl halides is 1. The first-order valence-electron chi connectivity index (χ1n) is 8.04. The molecule has 0 saturated heterocycles. The van der Waals surface area contributed by atoms with Crippen LogP contribution in [0.4, 0.5) is 0 Å². The first kappa shape index (κ1) is 17.4. The summed E-state index contributed by atoms with van der Waals surface area (Å²) in [6.07, 6.45) is 0. The lowest BCUT2D eigenvalue weighted by Gasteiger charge is -2.19. The van der Waals surface area contributed by atoms with Crippen LogP contribution in [0.2, 0.25) is 0 Å². The van der Waals surface area contributed by atoms with E-state index in [1.807, 2.05) is 48.5 Å². The van der Waals surface area contributed by atoms with Crippen LogP contribution in [-0.4, -0.2) is 22.2 Å². The Bertz CT molecular complexity index is 751. The van der Waals surface area contributed by atoms with Crippen LogP contribution >= 0.6 is 15.9 Å². The van der Waals surface area contributed by atoms with Crippen LogP contribution in [0.3, 0.4) is 0 Å². The average Bonchev–Trinajstić information content (AvgIpc) is 2.64. The number of phenols is 2. The molecule has 3 aromatic carbocycles. The lowest BCUT2D eigenvalue weighted by molar-refractivity contribution is 0.345. The molecule has 0 aliphatic heterocycles. The summed E-state index contributed by atoms with van der Waals surface area (Å²) < 4.78 is 5.62. The topological polar surface area (TPSA) is 49.7 Å². The molecule has 3 aromatic rings. The van der Waals surface area contributed by atoms with E-state index in [1.54, 1.807) is 24.3 Å². The van der Waals surface area contributed by atoms with Gasteiger partial charge in [0.1, 0.15) is 17.2 Å². The van der Waals surface area contributed by atoms with E-state index in [4.69, 9.17) is 4.74 Å². The predicted molar refractivity (Wildman–Crippen MR) is 103 cm³/mol. The van der Waals surface area contributed by atoms with Crippen molar-refractivity contribution >= 4 is 15.9 Å². The van der Waals surface area contributed by atoms with E-state index in [2.05, 4.69) is 15.9 Å². The van der Waals surface area contributed by atoms with Crippen molar-refractivity contribution in [2.24, 2.45) is 0 Å². The van der Waals surface area contributed by atoms with Crippen LogP contribution in [0.15, 0.2) is 72.8 Å². The van der Waals surface area contributed by atoms with Crippen molar-refractivity contribution in [3.63, 3.8) is 0 Å². The van der Waals surface area contributed by atoms with Crippen LogP contribution in [0.5, 0.6) is 17.2 Å². The van der Waals surface area contributed by atoms with E-state index in [9.17, 15) is 10.2 Å². The summed E-state index contributed by atoms with van der Waals surface area (Å²) in [6.45, 7) is 0.624. The Morgan fingerprint density at radius 2 is 1.08 bits per heavy atom. The SMILES string of the molecule is Oc1ccc(C(c2ccc(O)cc2)c2ccc(OCCBr)cc2)cc1. The molecule has 0 radical (unpaired) electrons. The Balaban J connectivity index is 1.98. The molecule has 3 nitrogen and oxygen atoms in total. The normalized spacial score (nSPS) is 10.8. The molecule has 0 heterocycles. The van der Waals surface area contributed by atoms with Gasteiger partial charge in [0, 0.05) is 11.2 Å². The third kappa shape index (κ3) is 4.34. The first-order valence-corrected chi connectivity index (χ1v) is 9.16. The molecular formula is C21H19BrO3. The maximum atomic E-state index is 9.58. The van der Waals surface area contributed by atoms with E-state index >= 15 is 0 Å². The van der Waals surface area contributed by atoms with Gasteiger partial charge in [-0.1, -0.05) is 52.3 Å². The summed E-state index contributed by atoms with van der Waals surface area (Å²) in [5, 5.41) is 20.0. The summed E-state index contributed by atoms with van der Waals surface area (Å²) in [5.74, 6) is 1.32. The Labute approximate surface area is 155 Å². The van der Waals surface area contributed by atoms with Gasteiger partial charge in [0.15, 0.2) is 0 Å². The van der Waals surface area contributed by atoms with E-state index < -0.39 is 0 Å². The molecule has 25 heavy (non-hydrogen) atoms. The zero-order valence-corrected chi connectivity index (χ0v) is 15.2. The number of rotatable bonds is 6. The number of hydrogen-bond donors (Lipinski definition) is 2. The number of aromatic hydroxyl groups is 2. The zero-order valence-electron chi connectivity index (χ0n) is 13.6. The Kier molecular flexibility index (Phi) is 5.61. The van der Waals surface area contributed by atoms with Crippen molar-refractivity contribution in [3.8, 4) is 17.2 Å². The highest BCUT2D eigenvalue weighted by atomic mass is 79.9. The molecule has 4 heteroatoms. The summed E-state index contributed by atoms with van der Waals surface area (Å²) in [4.78, 5) is 0. The Hall–Kier alpha value is -2.46. The van der Waals surface area contributed by atoms with E-state index in [0.717, 1.165) is 27.8 Å². The molecule has 0 atom stereocenters. The minimum absolute atomic E-state index is 0.00595. The lowest BCUT2D eigenvalue weighted by Crippen LogP contribution is -2.04. The highest BCUT2D eigenvalue weighted by Gasteiger charge is 2.17. The van der Waals surface area contributed by atoms with E-state index in [1.165, 1.54) is 0 Å². The molecule has 0 unspecified atom stereocenters. The van der Waals surface area contributed by atoms with Crippen molar-refractivity contribution in [1.29, 1.82) is 0 Å². The van der Waals surface area contributed by atoms with Crippen LogP contribution in [0.25, 0.3) is 0 Å². The van der Waals surface area contributed by atoms with Crippen LogP contribution in [0.1, 0.15) is 22.6 Å². The summed E-state index contributed by atoms with van der Waals surface area (Å²) >= 11 is 3.35. The van der Waals surface area contributed by atoms with Gasteiger partial charge in [-0.25, -0.2) is 0 Å². The second kappa shape index (κ2) is 8.08. The molecule has 2 N–H and O–H groups in total. The van der Waals surface area contributed by atoms with Gasteiger partial charge in [-0.15, -0.1) is 0 Å². The van der Waals surface area contributed by atoms with Crippen LogP contribution in [0, 0.1) is 0 Å². The van der Waals surface area contributed by atoms with Gasteiger partial charge in [0.2, 0.25) is 0 Å². The number of ether oxygens (including phenoxy) is 1. The van der Waals surface area contributed by atoms with Crippen molar-refractivity contribution in [2.45, 2.75) is 5.92 Å². The molecule has 0 fully saturated rings. The number of halogens is 1. The molecular weight excluding hydrogens is 380 g/mol. The summed E-state index contributed by atoms with van der Waals surface area (Å²) in [6, 6.07) is 22.5. The van der Waals surface area contributed by atoms with Crippen LogP contribution in [-0.2, 0) is 0 Å². The molecule has 0 aliphatic rings. The fourth-order valence-corrected chi connectivity index (χ4v) is 2.99. The molecule has 0 amide bonds.